The molecule has 0 spiro atoms. The SMILES string of the molecule is COCC(C)N(C)c1cc(Cl)ccc1C(=O)O. The highest BCUT2D eigenvalue weighted by atomic mass is 35.5. The molecule has 0 heterocycles. The third-order valence-electron chi connectivity index (χ3n) is 2.64. The highest BCUT2D eigenvalue weighted by molar-refractivity contribution is 6.31. The van der Waals surface area contributed by atoms with Gasteiger partial charge in [0.05, 0.1) is 17.9 Å². The molecule has 5 heteroatoms. The first-order valence-corrected chi connectivity index (χ1v) is 5.59. The van der Waals surface area contributed by atoms with Crippen LogP contribution in [0.2, 0.25) is 5.02 Å². The average molecular weight is 258 g/mol. The molecule has 17 heavy (non-hydrogen) atoms. The van der Waals surface area contributed by atoms with Crippen molar-refractivity contribution in [1.29, 1.82) is 0 Å². The lowest BCUT2D eigenvalue weighted by Crippen LogP contribution is -2.33. The molecular weight excluding hydrogens is 242 g/mol. The standard InChI is InChI=1S/C12H16ClNO3/c1-8(7-17-3)14(2)11-6-9(13)4-5-10(11)12(15)16/h4-6,8H,7H2,1-3H3,(H,15,16). The Kier molecular flexibility index (Phi) is 4.78. The summed E-state index contributed by atoms with van der Waals surface area (Å²) in [5, 5.41) is 9.63. The molecule has 1 atom stereocenters. The molecule has 0 saturated carbocycles. The van der Waals surface area contributed by atoms with E-state index < -0.39 is 5.97 Å². The molecule has 0 amide bonds. The molecule has 1 unspecified atom stereocenters. The van der Waals surface area contributed by atoms with E-state index in [0.717, 1.165) is 0 Å². The number of aromatic carboxylic acids is 1. The Morgan fingerprint density at radius 2 is 2.24 bits per heavy atom. The van der Waals surface area contributed by atoms with E-state index in [4.69, 9.17) is 21.4 Å². The molecule has 0 fully saturated rings. The van der Waals surface area contributed by atoms with E-state index in [1.165, 1.54) is 6.07 Å². The van der Waals surface area contributed by atoms with E-state index in [1.54, 1.807) is 19.2 Å². The summed E-state index contributed by atoms with van der Waals surface area (Å²) in [5.41, 5.74) is 0.828. The highest BCUT2D eigenvalue weighted by Crippen LogP contribution is 2.25. The number of hydrogen-bond acceptors (Lipinski definition) is 3. The summed E-state index contributed by atoms with van der Waals surface area (Å²) in [6, 6.07) is 4.80. The van der Waals surface area contributed by atoms with Crippen molar-refractivity contribution in [2.75, 3.05) is 25.7 Å². The molecule has 1 rings (SSSR count). The van der Waals surface area contributed by atoms with Crippen LogP contribution in [0.15, 0.2) is 18.2 Å². The maximum atomic E-state index is 11.1. The Balaban J connectivity index is 3.10. The highest BCUT2D eigenvalue weighted by Gasteiger charge is 2.17. The molecule has 0 aliphatic rings. The Hall–Kier alpha value is -1.26. The predicted molar refractivity (Wildman–Crippen MR) is 68.2 cm³/mol. The lowest BCUT2D eigenvalue weighted by Gasteiger charge is -2.27. The zero-order valence-corrected chi connectivity index (χ0v) is 10.9. The summed E-state index contributed by atoms with van der Waals surface area (Å²) in [6.45, 7) is 2.47. The van der Waals surface area contributed by atoms with Crippen molar-refractivity contribution in [3.05, 3.63) is 28.8 Å². The summed E-state index contributed by atoms with van der Waals surface area (Å²) in [6.07, 6.45) is 0. The lowest BCUT2D eigenvalue weighted by atomic mass is 10.1. The number of ether oxygens (including phenoxy) is 1. The summed E-state index contributed by atoms with van der Waals surface area (Å²) in [5.74, 6) is -0.965. The van der Waals surface area contributed by atoms with Crippen molar-refractivity contribution in [3.63, 3.8) is 0 Å². The van der Waals surface area contributed by atoms with E-state index >= 15 is 0 Å². The number of rotatable bonds is 5. The number of halogens is 1. The van der Waals surface area contributed by atoms with Gasteiger partial charge in [-0.15, -0.1) is 0 Å². The molecule has 94 valence electrons. The van der Waals surface area contributed by atoms with Crippen molar-refractivity contribution in [2.45, 2.75) is 13.0 Å². The van der Waals surface area contributed by atoms with Gasteiger partial charge < -0.3 is 14.7 Å². The molecule has 1 aromatic carbocycles. The van der Waals surface area contributed by atoms with Gasteiger partial charge >= 0.3 is 5.97 Å². The third-order valence-corrected chi connectivity index (χ3v) is 2.87. The molecule has 0 aliphatic carbocycles. The van der Waals surface area contributed by atoms with Gasteiger partial charge in [-0.25, -0.2) is 4.79 Å². The van der Waals surface area contributed by atoms with Gasteiger partial charge in [0.1, 0.15) is 0 Å². The number of methoxy groups -OCH3 is 1. The number of carboxylic acid groups (broad SMARTS) is 1. The minimum atomic E-state index is -0.965. The van der Waals surface area contributed by atoms with Gasteiger partial charge in [-0.2, -0.15) is 0 Å². The maximum Gasteiger partial charge on any atom is 0.337 e. The quantitative estimate of drug-likeness (QED) is 0.881. The van der Waals surface area contributed by atoms with Gasteiger partial charge in [-0.3, -0.25) is 0 Å². The van der Waals surface area contributed by atoms with Crippen LogP contribution < -0.4 is 4.90 Å². The van der Waals surface area contributed by atoms with Crippen molar-refractivity contribution in [3.8, 4) is 0 Å². The van der Waals surface area contributed by atoms with E-state index in [9.17, 15) is 4.79 Å². The van der Waals surface area contributed by atoms with Crippen molar-refractivity contribution in [1.82, 2.24) is 0 Å². The monoisotopic (exact) mass is 257 g/mol. The van der Waals surface area contributed by atoms with E-state index in [0.29, 0.717) is 17.3 Å². The number of anilines is 1. The van der Waals surface area contributed by atoms with Crippen LogP contribution in [0.3, 0.4) is 0 Å². The lowest BCUT2D eigenvalue weighted by molar-refractivity contribution is 0.0697. The van der Waals surface area contributed by atoms with Crippen molar-refractivity contribution < 1.29 is 14.6 Å². The van der Waals surface area contributed by atoms with E-state index in [1.807, 2.05) is 18.9 Å². The summed E-state index contributed by atoms with van der Waals surface area (Å²) >= 11 is 5.90. The molecule has 0 aliphatic heterocycles. The summed E-state index contributed by atoms with van der Waals surface area (Å²) in [7, 11) is 3.43. The Morgan fingerprint density at radius 1 is 1.59 bits per heavy atom. The number of likely N-dealkylation sites (N-methyl/N-ethyl adjacent to an activating group) is 1. The maximum absolute atomic E-state index is 11.1. The van der Waals surface area contributed by atoms with Crippen molar-refractivity contribution >= 4 is 23.3 Å². The topological polar surface area (TPSA) is 49.8 Å². The van der Waals surface area contributed by atoms with Gasteiger partial charge in [0.25, 0.3) is 0 Å². The fourth-order valence-corrected chi connectivity index (χ4v) is 1.73. The average Bonchev–Trinajstić information content (AvgIpc) is 2.27. The van der Waals surface area contributed by atoms with Gasteiger partial charge in [0.2, 0.25) is 0 Å². The van der Waals surface area contributed by atoms with Gasteiger partial charge in [0, 0.05) is 25.2 Å². The van der Waals surface area contributed by atoms with Crippen molar-refractivity contribution in [2.24, 2.45) is 0 Å². The minimum Gasteiger partial charge on any atom is -0.478 e. The van der Waals surface area contributed by atoms with Crippen LogP contribution in [0, 0.1) is 0 Å². The van der Waals surface area contributed by atoms with Gasteiger partial charge in [0.15, 0.2) is 0 Å². The van der Waals surface area contributed by atoms with Crippen LogP contribution in [0.1, 0.15) is 17.3 Å². The van der Waals surface area contributed by atoms with Crippen LogP contribution in [0.5, 0.6) is 0 Å². The predicted octanol–water partition coefficient (Wildman–Crippen LogP) is 2.51. The zero-order chi connectivity index (χ0) is 13.0. The first kappa shape index (κ1) is 13.8. The molecule has 0 saturated heterocycles. The number of benzene rings is 1. The molecule has 1 aromatic rings. The summed E-state index contributed by atoms with van der Waals surface area (Å²) in [4.78, 5) is 13.0. The third kappa shape index (κ3) is 3.35. The second-order valence-corrected chi connectivity index (χ2v) is 4.32. The Labute approximate surface area is 106 Å². The van der Waals surface area contributed by atoms with Crippen LogP contribution in [0.25, 0.3) is 0 Å². The summed E-state index contributed by atoms with van der Waals surface area (Å²) < 4.78 is 5.05. The van der Waals surface area contributed by atoms with Crippen LogP contribution >= 0.6 is 11.6 Å². The van der Waals surface area contributed by atoms with E-state index in [-0.39, 0.29) is 11.6 Å². The molecule has 0 aromatic heterocycles. The number of carbonyl (C=O) groups is 1. The van der Waals surface area contributed by atoms with Crippen LogP contribution in [-0.2, 0) is 4.74 Å². The molecule has 0 bridgehead atoms. The van der Waals surface area contributed by atoms with Gasteiger partial charge in [-0.05, 0) is 25.1 Å². The van der Waals surface area contributed by atoms with Gasteiger partial charge in [-0.1, -0.05) is 11.6 Å². The molecule has 1 N–H and O–H groups in total. The number of hydrogen-bond donors (Lipinski definition) is 1. The van der Waals surface area contributed by atoms with Crippen LogP contribution in [-0.4, -0.2) is 37.9 Å². The fraction of sp³-hybridized carbons (Fsp3) is 0.417. The minimum absolute atomic E-state index is 0.0663. The second-order valence-electron chi connectivity index (χ2n) is 3.88. The second kappa shape index (κ2) is 5.89. The number of carboxylic acids is 1. The first-order valence-electron chi connectivity index (χ1n) is 5.22. The Bertz CT molecular complexity index is 409. The zero-order valence-electron chi connectivity index (χ0n) is 10.1. The number of nitrogens with zero attached hydrogens (tertiary/aromatic N) is 1. The molecular formula is C12H16ClNO3. The van der Waals surface area contributed by atoms with Crippen LogP contribution in [0.4, 0.5) is 5.69 Å². The fourth-order valence-electron chi connectivity index (χ4n) is 1.57. The smallest absolute Gasteiger partial charge is 0.337 e. The molecule has 0 radical (unpaired) electrons. The van der Waals surface area contributed by atoms with E-state index in [2.05, 4.69) is 0 Å². The first-order chi connectivity index (χ1) is 7.97. The molecule has 4 nitrogen and oxygen atoms in total. The Morgan fingerprint density at radius 3 is 2.76 bits per heavy atom. The largest absolute Gasteiger partial charge is 0.478 e. The normalized spacial score (nSPS) is 12.2.